The SMILES string of the molecule is CCOC(=O)c1nc(Br)sc1I. The Balaban J connectivity index is 2.87. The molecule has 0 aliphatic rings. The Labute approximate surface area is 95.8 Å². The van der Waals surface area contributed by atoms with Gasteiger partial charge in [-0.2, -0.15) is 0 Å². The molecule has 0 bridgehead atoms. The van der Waals surface area contributed by atoms with E-state index in [-0.39, 0.29) is 5.97 Å². The van der Waals surface area contributed by atoms with Crippen molar-refractivity contribution in [3.8, 4) is 0 Å². The average Bonchev–Trinajstić information content (AvgIpc) is 2.30. The van der Waals surface area contributed by atoms with E-state index in [1.54, 1.807) is 6.92 Å². The minimum absolute atomic E-state index is 0.358. The largest absolute Gasteiger partial charge is 0.461 e. The van der Waals surface area contributed by atoms with Gasteiger partial charge in [-0.05, 0) is 45.4 Å². The summed E-state index contributed by atoms with van der Waals surface area (Å²) >= 11 is 6.67. The van der Waals surface area contributed by atoms with Crippen molar-refractivity contribution in [2.45, 2.75) is 6.92 Å². The van der Waals surface area contributed by atoms with Gasteiger partial charge in [-0.1, -0.05) is 0 Å². The molecule has 0 amide bonds. The Kier molecular flexibility index (Phi) is 3.91. The second-order valence-electron chi connectivity index (χ2n) is 1.81. The van der Waals surface area contributed by atoms with Gasteiger partial charge in [-0.15, -0.1) is 11.3 Å². The molecule has 3 nitrogen and oxygen atoms in total. The number of aromatic nitrogens is 1. The Bertz CT molecular complexity index is 302. The summed E-state index contributed by atoms with van der Waals surface area (Å²) in [7, 11) is 0. The molecule has 0 N–H and O–H groups in total. The summed E-state index contributed by atoms with van der Waals surface area (Å²) < 4.78 is 6.35. The Morgan fingerprint density at radius 1 is 1.83 bits per heavy atom. The third-order valence-electron chi connectivity index (χ3n) is 1.03. The maximum Gasteiger partial charge on any atom is 0.358 e. The monoisotopic (exact) mass is 361 g/mol. The van der Waals surface area contributed by atoms with Crippen LogP contribution in [0.15, 0.2) is 3.92 Å². The number of rotatable bonds is 2. The minimum Gasteiger partial charge on any atom is -0.461 e. The highest BCUT2D eigenvalue weighted by Crippen LogP contribution is 2.25. The molecule has 0 aliphatic carbocycles. The van der Waals surface area contributed by atoms with Crippen molar-refractivity contribution in [3.63, 3.8) is 0 Å². The van der Waals surface area contributed by atoms with Crippen molar-refractivity contribution in [1.82, 2.24) is 4.98 Å². The molecule has 0 saturated heterocycles. The summed E-state index contributed by atoms with van der Waals surface area (Å²) in [6.07, 6.45) is 0. The zero-order valence-electron chi connectivity index (χ0n) is 6.13. The number of carbonyl (C=O) groups is 1. The minimum atomic E-state index is -0.358. The maximum absolute atomic E-state index is 11.2. The summed E-state index contributed by atoms with van der Waals surface area (Å²) in [6, 6.07) is 0. The van der Waals surface area contributed by atoms with E-state index >= 15 is 0 Å². The lowest BCUT2D eigenvalue weighted by Crippen LogP contribution is -2.06. The molecular weight excluding hydrogens is 357 g/mol. The van der Waals surface area contributed by atoms with Gasteiger partial charge in [0.05, 0.1) is 6.61 Å². The van der Waals surface area contributed by atoms with Gasteiger partial charge in [-0.25, -0.2) is 9.78 Å². The summed E-state index contributed by atoms with van der Waals surface area (Å²) in [5.74, 6) is -0.358. The van der Waals surface area contributed by atoms with Crippen LogP contribution in [0.4, 0.5) is 0 Å². The Morgan fingerprint density at radius 3 is 2.92 bits per heavy atom. The number of halogens is 2. The molecule has 1 rings (SSSR count). The number of thiazole rings is 1. The van der Waals surface area contributed by atoms with Crippen LogP contribution in [0.1, 0.15) is 17.4 Å². The van der Waals surface area contributed by atoms with Crippen molar-refractivity contribution in [2.75, 3.05) is 6.61 Å². The van der Waals surface area contributed by atoms with Gasteiger partial charge in [0.25, 0.3) is 0 Å². The molecule has 1 aromatic heterocycles. The van der Waals surface area contributed by atoms with Gasteiger partial charge < -0.3 is 4.74 Å². The lowest BCUT2D eigenvalue weighted by Gasteiger charge is -1.96. The summed E-state index contributed by atoms with van der Waals surface area (Å²) in [4.78, 5) is 15.2. The summed E-state index contributed by atoms with van der Waals surface area (Å²) in [6.45, 7) is 2.15. The first kappa shape index (κ1) is 10.4. The number of esters is 1. The highest BCUT2D eigenvalue weighted by atomic mass is 127. The van der Waals surface area contributed by atoms with Gasteiger partial charge in [0.1, 0.15) is 2.88 Å². The fourth-order valence-corrected chi connectivity index (χ4v) is 3.65. The van der Waals surface area contributed by atoms with E-state index in [2.05, 4.69) is 43.5 Å². The van der Waals surface area contributed by atoms with Crippen molar-refractivity contribution >= 4 is 55.8 Å². The first-order chi connectivity index (χ1) is 5.65. The molecule has 0 aliphatic heterocycles. The quantitative estimate of drug-likeness (QED) is 0.600. The van der Waals surface area contributed by atoms with Crippen LogP contribution in [0.2, 0.25) is 0 Å². The van der Waals surface area contributed by atoms with E-state index in [0.29, 0.717) is 16.2 Å². The van der Waals surface area contributed by atoms with Gasteiger partial charge in [0, 0.05) is 0 Å². The topological polar surface area (TPSA) is 39.2 Å². The number of nitrogens with zero attached hydrogens (tertiary/aromatic N) is 1. The van der Waals surface area contributed by atoms with Crippen molar-refractivity contribution in [1.29, 1.82) is 0 Å². The predicted molar refractivity (Wildman–Crippen MR) is 58.5 cm³/mol. The van der Waals surface area contributed by atoms with Crippen LogP contribution in [-0.4, -0.2) is 17.6 Å². The second-order valence-corrected chi connectivity index (χ2v) is 5.90. The van der Waals surface area contributed by atoms with Crippen LogP contribution in [0.5, 0.6) is 0 Å². The van der Waals surface area contributed by atoms with Crippen LogP contribution in [0.3, 0.4) is 0 Å². The zero-order valence-corrected chi connectivity index (χ0v) is 10.7. The molecule has 0 unspecified atom stereocenters. The van der Waals surface area contributed by atoms with Crippen molar-refractivity contribution < 1.29 is 9.53 Å². The van der Waals surface area contributed by atoms with Crippen LogP contribution in [0.25, 0.3) is 0 Å². The predicted octanol–water partition coefficient (Wildman–Crippen LogP) is 2.69. The van der Waals surface area contributed by atoms with Gasteiger partial charge >= 0.3 is 5.97 Å². The zero-order chi connectivity index (χ0) is 9.14. The highest BCUT2D eigenvalue weighted by Gasteiger charge is 2.15. The molecule has 12 heavy (non-hydrogen) atoms. The van der Waals surface area contributed by atoms with E-state index < -0.39 is 0 Å². The van der Waals surface area contributed by atoms with Gasteiger partial charge in [0.2, 0.25) is 0 Å². The molecule has 0 fully saturated rings. The van der Waals surface area contributed by atoms with E-state index in [0.717, 1.165) is 2.88 Å². The molecule has 0 radical (unpaired) electrons. The van der Waals surface area contributed by atoms with Gasteiger partial charge in [-0.3, -0.25) is 0 Å². The fraction of sp³-hybridized carbons (Fsp3) is 0.333. The molecular formula is C6H5BrINO2S. The second kappa shape index (κ2) is 4.52. The highest BCUT2D eigenvalue weighted by molar-refractivity contribution is 14.1. The number of hydrogen-bond donors (Lipinski definition) is 0. The van der Waals surface area contributed by atoms with Crippen molar-refractivity contribution in [2.24, 2.45) is 0 Å². The van der Waals surface area contributed by atoms with Crippen LogP contribution in [-0.2, 0) is 4.74 Å². The average molecular weight is 362 g/mol. The molecule has 0 aromatic carbocycles. The van der Waals surface area contributed by atoms with E-state index in [1.165, 1.54) is 11.3 Å². The number of hydrogen-bond acceptors (Lipinski definition) is 4. The molecule has 1 heterocycles. The molecule has 66 valence electrons. The van der Waals surface area contributed by atoms with Gasteiger partial charge in [0.15, 0.2) is 9.61 Å². The smallest absolute Gasteiger partial charge is 0.358 e. The Hall–Kier alpha value is 0.310. The van der Waals surface area contributed by atoms with Crippen LogP contribution in [0, 0.1) is 2.88 Å². The fourth-order valence-electron chi connectivity index (χ4n) is 0.602. The number of ether oxygens (including phenoxy) is 1. The lowest BCUT2D eigenvalue weighted by atomic mass is 10.5. The molecule has 0 saturated carbocycles. The summed E-state index contributed by atoms with van der Waals surface area (Å²) in [5.41, 5.74) is 0.398. The number of carbonyl (C=O) groups excluding carboxylic acids is 1. The molecule has 0 atom stereocenters. The normalized spacial score (nSPS) is 9.92. The van der Waals surface area contributed by atoms with Crippen LogP contribution < -0.4 is 0 Å². The summed E-state index contributed by atoms with van der Waals surface area (Å²) in [5, 5.41) is 0. The standard InChI is InChI=1S/C6H5BrINO2S/c1-2-11-5(10)3-4(8)12-6(7)9-3/h2H2,1H3. The molecule has 1 aromatic rings. The van der Waals surface area contributed by atoms with Crippen LogP contribution >= 0.6 is 49.9 Å². The third kappa shape index (κ3) is 2.40. The first-order valence-corrected chi connectivity index (χ1v) is 5.83. The molecule has 0 spiro atoms. The molecule has 6 heteroatoms. The first-order valence-electron chi connectivity index (χ1n) is 3.14. The Morgan fingerprint density at radius 2 is 2.50 bits per heavy atom. The maximum atomic E-state index is 11.2. The lowest BCUT2D eigenvalue weighted by molar-refractivity contribution is 0.0519. The van der Waals surface area contributed by atoms with E-state index in [9.17, 15) is 4.79 Å². The third-order valence-corrected chi connectivity index (χ3v) is 3.50. The van der Waals surface area contributed by atoms with Crippen molar-refractivity contribution in [3.05, 3.63) is 12.5 Å². The van der Waals surface area contributed by atoms with E-state index in [4.69, 9.17) is 4.74 Å². The van der Waals surface area contributed by atoms with E-state index in [1.807, 2.05) is 0 Å².